The second kappa shape index (κ2) is 7.44. The van der Waals surface area contributed by atoms with E-state index in [-0.39, 0.29) is 17.6 Å². The Balaban J connectivity index is 3.38. The second-order valence-electron chi connectivity index (χ2n) is 3.52. The van der Waals surface area contributed by atoms with E-state index >= 15 is 0 Å². The van der Waals surface area contributed by atoms with Gasteiger partial charge in [0.15, 0.2) is 5.76 Å². The zero-order chi connectivity index (χ0) is 11.0. The Kier molecular flexibility index (Phi) is 6.93. The molecule has 0 spiro atoms. The first-order chi connectivity index (χ1) is 6.54. The molecule has 0 heterocycles. The van der Waals surface area contributed by atoms with Crippen molar-refractivity contribution in [1.82, 2.24) is 0 Å². The lowest BCUT2D eigenvalue weighted by atomic mass is 10.1. The first-order valence-corrected chi connectivity index (χ1v) is 4.99. The fraction of sp³-hybridized carbons (Fsp3) is 0.636. The normalized spacial score (nSPS) is 14.0. The van der Waals surface area contributed by atoms with Gasteiger partial charge in [-0.3, -0.25) is 0 Å². The van der Waals surface area contributed by atoms with Crippen LogP contribution >= 0.6 is 0 Å². The lowest BCUT2D eigenvalue weighted by Crippen LogP contribution is -1.98. The fourth-order valence-corrected chi connectivity index (χ4v) is 1.12. The van der Waals surface area contributed by atoms with Crippen molar-refractivity contribution in [2.24, 2.45) is 0 Å². The van der Waals surface area contributed by atoms with E-state index in [0.29, 0.717) is 0 Å². The average molecular weight is 200 g/mol. The second-order valence-corrected chi connectivity index (χ2v) is 3.52. The van der Waals surface area contributed by atoms with Gasteiger partial charge < -0.3 is 15.3 Å². The zero-order valence-electron chi connectivity index (χ0n) is 8.74. The smallest absolute Gasteiger partial charge is 0.152 e. The van der Waals surface area contributed by atoms with Crippen LogP contribution in [0.3, 0.4) is 0 Å². The van der Waals surface area contributed by atoms with Gasteiger partial charge in [-0.15, -0.1) is 0 Å². The number of allylic oxidation sites excluding steroid dienone is 1. The molecule has 1 atom stereocenters. The van der Waals surface area contributed by atoms with Gasteiger partial charge in [0.2, 0.25) is 0 Å². The monoisotopic (exact) mass is 200 g/mol. The molecule has 82 valence electrons. The maximum Gasteiger partial charge on any atom is 0.152 e. The largest absolute Gasteiger partial charge is 0.505 e. The number of unbranched alkanes of at least 4 members (excludes halogenated alkanes) is 3. The highest BCUT2D eigenvalue weighted by Gasteiger charge is 1.96. The number of rotatable bonds is 7. The summed E-state index contributed by atoms with van der Waals surface area (Å²) in [6.45, 7) is 4.98. The van der Waals surface area contributed by atoms with Crippen molar-refractivity contribution >= 4 is 0 Å². The van der Waals surface area contributed by atoms with E-state index in [1.54, 1.807) is 13.0 Å². The van der Waals surface area contributed by atoms with E-state index in [2.05, 4.69) is 6.58 Å². The Bertz CT molecular complexity index is 195. The minimum absolute atomic E-state index is 0.138. The summed E-state index contributed by atoms with van der Waals surface area (Å²) in [5.74, 6) is -0.422. The third-order valence-corrected chi connectivity index (χ3v) is 1.96. The third kappa shape index (κ3) is 7.68. The van der Waals surface area contributed by atoms with Gasteiger partial charge >= 0.3 is 0 Å². The Morgan fingerprint density at radius 3 is 2.43 bits per heavy atom. The molecule has 0 amide bonds. The van der Waals surface area contributed by atoms with Crippen molar-refractivity contribution in [2.75, 3.05) is 0 Å². The maximum absolute atomic E-state index is 9.04. The van der Waals surface area contributed by atoms with Crippen molar-refractivity contribution in [1.29, 1.82) is 0 Å². The molecule has 0 radical (unpaired) electrons. The molecule has 0 saturated carbocycles. The van der Waals surface area contributed by atoms with E-state index in [1.165, 1.54) is 0 Å². The molecule has 1 unspecified atom stereocenters. The zero-order valence-corrected chi connectivity index (χ0v) is 8.74. The molecule has 3 heteroatoms. The van der Waals surface area contributed by atoms with Gasteiger partial charge in [0, 0.05) is 0 Å². The van der Waals surface area contributed by atoms with Crippen LogP contribution in [-0.2, 0) is 0 Å². The van der Waals surface area contributed by atoms with Crippen LogP contribution in [0.4, 0.5) is 0 Å². The van der Waals surface area contributed by atoms with E-state index in [9.17, 15) is 0 Å². The predicted molar refractivity (Wildman–Crippen MR) is 57.2 cm³/mol. The molecular formula is C11H20O3. The Labute approximate surface area is 85.4 Å². The minimum Gasteiger partial charge on any atom is -0.505 e. The van der Waals surface area contributed by atoms with Crippen molar-refractivity contribution in [3.63, 3.8) is 0 Å². The lowest BCUT2D eigenvalue weighted by Gasteiger charge is -2.02. The highest BCUT2D eigenvalue weighted by Crippen LogP contribution is 2.08. The van der Waals surface area contributed by atoms with Gasteiger partial charge in [0.25, 0.3) is 0 Å². The fourth-order valence-electron chi connectivity index (χ4n) is 1.12. The molecule has 0 aliphatic carbocycles. The van der Waals surface area contributed by atoms with Crippen molar-refractivity contribution in [3.8, 4) is 0 Å². The van der Waals surface area contributed by atoms with Crippen LogP contribution in [0.25, 0.3) is 0 Å². The van der Waals surface area contributed by atoms with Crippen LogP contribution in [0.2, 0.25) is 0 Å². The molecule has 14 heavy (non-hydrogen) atoms. The topological polar surface area (TPSA) is 60.7 Å². The van der Waals surface area contributed by atoms with E-state index in [1.807, 2.05) is 0 Å². The summed E-state index contributed by atoms with van der Waals surface area (Å²) < 4.78 is 0. The van der Waals surface area contributed by atoms with Crippen LogP contribution in [0, 0.1) is 0 Å². The third-order valence-electron chi connectivity index (χ3n) is 1.96. The minimum atomic E-state index is -0.283. The van der Waals surface area contributed by atoms with Crippen LogP contribution in [0.15, 0.2) is 24.2 Å². The summed E-state index contributed by atoms with van der Waals surface area (Å²) in [7, 11) is 0. The summed E-state index contributed by atoms with van der Waals surface area (Å²) in [5, 5.41) is 26.8. The molecule has 0 aromatic rings. The maximum atomic E-state index is 9.04. The highest BCUT2D eigenvalue weighted by atomic mass is 16.3. The summed E-state index contributed by atoms with van der Waals surface area (Å²) >= 11 is 0. The quantitative estimate of drug-likeness (QED) is 0.336. The molecular weight excluding hydrogens is 180 g/mol. The number of aliphatic hydroxyl groups is 3. The van der Waals surface area contributed by atoms with Gasteiger partial charge in [-0.2, -0.15) is 0 Å². The Morgan fingerprint density at radius 2 is 1.93 bits per heavy atom. The van der Waals surface area contributed by atoms with Crippen molar-refractivity contribution < 1.29 is 15.3 Å². The SMILES string of the molecule is C=C(O)/C(O)=C\CCCCCC(C)O. The standard InChI is InChI=1S/C11H20O3/c1-9(12)7-5-3-4-6-8-11(14)10(2)13/h8-9,12-14H,2-7H2,1H3/b11-8+. The molecule has 0 bridgehead atoms. The Morgan fingerprint density at radius 1 is 1.29 bits per heavy atom. The molecule has 0 aliphatic heterocycles. The number of aliphatic hydroxyl groups excluding tert-OH is 3. The lowest BCUT2D eigenvalue weighted by molar-refractivity contribution is 0.180. The van der Waals surface area contributed by atoms with Gasteiger partial charge in [0.05, 0.1) is 6.10 Å². The summed E-state index contributed by atoms with van der Waals surface area (Å²) in [4.78, 5) is 0. The number of hydrogen-bond acceptors (Lipinski definition) is 3. The summed E-state index contributed by atoms with van der Waals surface area (Å²) in [6, 6.07) is 0. The molecule has 3 nitrogen and oxygen atoms in total. The van der Waals surface area contributed by atoms with E-state index in [0.717, 1.165) is 32.1 Å². The van der Waals surface area contributed by atoms with Crippen LogP contribution in [0.5, 0.6) is 0 Å². The van der Waals surface area contributed by atoms with Crippen LogP contribution < -0.4 is 0 Å². The molecule has 0 aliphatic rings. The predicted octanol–water partition coefficient (Wildman–Crippen LogP) is 2.83. The van der Waals surface area contributed by atoms with Crippen LogP contribution in [0.1, 0.15) is 39.0 Å². The summed E-state index contributed by atoms with van der Waals surface area (Å²) in [6.07, 6.45) is 5.84. The first kappa shape index (κ1) is 13.0. The summed E-state index contributed by atoms with van der Waals surface area (Å²) in [5.41, 5.74) is 0. The van der Waals surface area contributed by atoms with E-state index < -0.39 is 0 Å². The molecule has 0 saturated heterocycles. The van der Waals surface area contributed by atoms with Crippen molar-refractivity contribution in [3.05, 3.63) is 24.2 Å². The first-order valence-electron chi connectivity index (χ1n) is 4.99. The van der Waals surface area contributed by atoms with Gasteiger partial charge in [0.1, 0.15) is 5.76 Å². The molecule has 3 N–H and O–H groups in total. The highest BCUT2D eigenvalue weighted by molar-refractivity contribution is 5.12. The Hall–Kier alpha value is -0.960. The van der Waals surface area contributed by atoms with Crippen LogP contribution in [-0.4, -0.2) is 21.4 Å². The van der Waals surface area contributed by atoms with Gasteiger partial charge in [-0.25, -0.2) is 0 Å². The molecule has 0 aromatic carbocycles. The van der Waals surface area contributed by atoms with Gasteiger partial charge in [-0.1, -0.05) is 19.4 Å². The molecule has 0 fully saturated rings. The van der Waals surface area contributed by atoms with Crippen molar-refractivity contribution in [2.45, 2.75) is 45.1 Å². The van der Waals surface area contributed by atoms with Gasteiger partial charge in [-0.05, 0) is 32.3 Å². The number of hydrogen-bond donors (Lipinski definition) is 3. The average Bonchev–Trinajstić information content (AvgIpc) is 2.09. The molecule has 0 aromatic heterocycles. The van der Waals surface area contributed by atoms with E-state index in [4.69, 9.17) is 15.3 Å². The molecule has 0 rings (SSSR count).